The second-order valence-electron chi connectivity index (χ2n) is 10.8. The number of ketones is 1. The zero-order valence-electron chi connectivity index (χ0n) is 24.2. The number of alkyl halides is 3. The van der Waals surface area contributed by atoms with Crippen molar-refractivity contribution in [3.63, 3.8) is 0 Å². The number of aryl methyl sites for hydroxylation is 1. The van der Waals surface area contributed by atoms with Crippen molar-refractivity contribution < 1.29 is 32.7 Å². The Hall–Kier alpha value is -4.40. The van der Waals surface area contributed by atoms with E-state index in [-0.39, 0.29) is 30.3 Å². The van der Waals surface area contributed by atoms with Gasteiger partial charge in [0.25, 0.3) is 5.91 Å². The van der Waals surface area contributed by atoms with E-state index in [1.54, 1.807) is 41.0 Å². The number of aliphatic carboxylic acids is 1. The summed E-state index contributed by atoms with van der Waals surface area (Å²) < 4.78 is 42.5. The van der Waals surface area contributed by atoms with Gasteiger partial charge >= 0.3 is 12.1 Å². The molecule has 9 heteroatoms. The van der Waals surface area contributed by atoms with E-state index in [4.69, 9.17) is 5.11 Å². The van der Waals surface area contributed by atoms with Gasteiger partial charge in [0.1, 0.15) is 0 Å². The maximum absolute atomic E-state index is 14.3. The number of carbonyl (C=O) groups is 3. The first-order valence-electron chi connectivity index (χ1n) is 14.4. The van der Waals surface area contributed by atoms with Crippen molar-refractivity contribution in [2.75, 3.05) is 6.54 Å². The molecule has 6 nitrogen and oxygen atoms in total. The number of hydrogen-bond donors (Lipinski definition) is 2. The van der Waals surface area contributed by atoms with Gasteiger partial charge in [0.05, 0.1) is 23.2 Å². The van der Waals surface area contributed by atoms with E-state index in [0.29, 0.717) is 29.6 Å². The number of aromatic nitrogens is 1. The lowest BCUT2D eigenvalue weighted by molar-refractivity contribution is -0.138. The number of nitrogens with one attached hydrogen (secondary N) is 1. The SMILES string of the molecule is CCCCC[C@@H](Cc1ccc(C(=O)NCCC(=O)O)cc1)C(=O)c1cc2cc(C)ccc2n1-c1cccc(C(F)(F)F)c1. The van der Waals surface area contributed by atoms with Gasteiger partial charge in [-0.05, 0) is 73.9 Å². The molecule has 1 heterocycles. The molecule has 43 heavy (non-hydrogen) atoms. The highest BCUT2D eigenvalue weighted by atomic mass is 19.4. The van der Waals surface area contributed by atoms with Crippen molar-refractivity contribution in [2.45, 2.75) is 58.5 Å². The molecule has 0 aliphatic rings. The molecule has 0 unspecified atom stereocenters. The standard InChI is InChI=1S/C34H35F3N2O4/c1-3-4-5-7-25(19-23-11-13-24(14-12-23)33(43)38-17-16-31(40)41)32(42)30-20-26-18-22(2)10-15-29(26)39(30)28-9-6-8-27(21-28)34(35,36)37/h6,8-15,18,20-21,25H,3-5,7,16-17,19H2,1-2H3,(H,38,43)(H,40,41)/t25-/m0/s1. The molecular formula is C34H35F3N2O4. The van der Waals surface area contributed by atoms with Gasteiger partial charge in [-0.3, -0.25) is 14.4 Å². The smallest absolute Gasteiger partial charge is 0.416 e. The summed E-state index contributed by atoms with van der Waals surface area (Å²) >= 11 is 0. The van der Waals surface area contributed by atoms with Crippen LogP contribution in [0.15, 0.2) is 72.8 Å². The third-order valence-electron chi connectivity index (χ3n) is 7.49. The lowest BCUT2D eigenvalue weighted by atomic mass is 9.88. The summed E-state index contributed by atoms with van der Waals surface area (Å²) in [5.41, 5.74) is 2.65. The van der Waals surface area contributed by atoms with Gasteiger partial charge in [-0.25, -0.2) is 0 Å². The summed E-state index contributed by atoms with van der Waals surface area (Å²) in [5.74, 6) is -1.98. The first-order chi connectivity index (χ1) is 20.5. The van der Waals surface area contributed by atoms with Gasteiger partial charge in [0, 0.05) is 29.1 Å². The number of carboxylic acid groups (broad SMARTS) is 1. The van der Waals surface area contributed by atoms with Gasteiger partial charge in [0.2, 0.25) is 0 Å². The zero-order chi connectivity index (χ0) is 31.1. The molecule has 0 fully saturated rings. The molecule has 3 aromatic carbocycles. The Labute approximate surface area is 248 Å². The summed E-state index contributed by atoms with van der Waals surface area (Å²) in [4.78, 5) is 37.3. The minimum Gasteiger partial charge on any atom is -0.481 e. The molecule has 0 saturated carbocycles. The fourth-order valence-electron chi connectivity index (χ4n) is 5.25. The maximum atomic E-state index is 14.3. The van der Waals surface area contributed by atoms with Crippen LogP contribution < -0.4 is 5.32 Å². The molecule has 0 saturated heterocycles. The highest BCUT2D eigenvalue weighted by Crippen LogP contribution is 2.34. The topological polar surface area (TPSA) is 88.4 Å². The van der Waals surface area contributed by atoms with Crippen molar-refractivity contribution in [1.82, 2.24) is 9.88 Å². The Morgan fingerprint density at radius 2 is 1.70 bits per heavy atom. The van der Waals surface area contributed by atoms with E-state index in [9.17, 15) is 27.6 Å². The molecule has 0 radical (unpaired) electrons. The van der Waals surface area contributed by atoms with E-state index in [1.807, 2.05) is 25.1 Å². The molecule has 4 aromatic rings. The monoisotopic (exact) mass is 592 g/mol. The molecule has 2 N–H and O–H groups in total. The van der Waals surface area contributed by atoms with Gasteiger partial charge in [-0.2, -0.15) is 13.2 Å². The third kappa shape index (κ3) is 7.91. The average Bonchev–Trinajstić information content (AvgIpc) is 3.34. The summed E-state index contributed by atoms with van der Waals surface area (Å²) in [6.45, 7) is 4.01. The number of halogens is 3. The highest BCUT2D eigenvalue weighted by molar-refractivity contribution is 6.02. The molecular weight excluding hydrogens is 557 g/mol. The van der Waals surface area contributed by atoms with Gasteiger partial charge in [-0.15, -0.1) is 0 Å². The average molecular weight is 593 g/mol. The first-order valence-corrected chi connectivity index (χ1v) is 14.4. The predicted molar refractivity (Wildman–Crippen MR) is 160 cm³/mol. The summed E-state index contributed by atoms with van der Waals surface area (Å²) in [6, 6.07) is 19.2. The largest absolute Gasteiger partial charge is 0.481 e. The summed E-state index contributed by atoms with van der Waals surface area (Å²) in [7, 11) is 0. The van der Waals surface area contributed by atoms with Crippen LogP contribution in [0.3, 0.4) is 0 Å². The van der Waals surface area contributed by atoms with Crippen LogP contribution in [0.25, 0.3) is 16.6 Å². The molecule has 1 aromatic heterocycles. The summed E-state index contributed by atoms with van der Waals surface area (Å²) in [5, 5.41) is 12.1. The Morgan fingerprint density at radius 1 is 0.953 bits per heavy atom. The van der Waals surface area contributed by atoms with Crippen LogP contribution in [-0.4, -0.2) is 33.9 Å². The fourth-order valence-corrected chi connectivity index (χ4v) is 5.25. The molecule has 1 amide bonds. The Kier molecular flexibility index (Phi) is 10.1. The molecule has 4 rings (SSSR count). The first kappa shape index (κ1) is 31.5. The Morgan fingerprint density at radius 3 is 2.37 bits per heavy atom. The van der Waals surface area contributed by atoms with Crippen molar-refractivity contribution in [2.24, 2.45) is 5.92 Å². The number of unbranched alkanes of at least 4 members (excludes halogenated alkanes) is 2. The predicted octanol–water partition coefficient (Wildman–Crippen LogP) is 7.78. The summed E-state index contributed by atoms with van der Waals surface area (Å²) in [6.07, 6.45) is -0.977. The van der Waals surface area contributed by atoms with Crippen LogP contribution in [0.4, 0.5) is 13.2 Å². The normalized spacial score (nSPS) is 12.3. The number of carboxylic acids is 1. The zero-order valence-corrected chi connectivity index (χ0v) is 24.2. The van der Waals surface area contributed by atoms with Crippen LogP contribution in [0.1, 0.15) is 76.6 Å². The van der Waals surface area contributed by atoms with Crippen LogP contribution in [0.2, 0.25) is 0 Å². The van der Waals surface area contributed by atoms with E-state index in [2.05, 4.69) is 12.2 Å². The van der Waals surface area contributed by atoms with Crippen LogP contribution in [-0.2, 0) is 17.4 Å². The van der Waals surface area contributed by atoms with Crippen molar-refractivity contribution in [3.05, 3.63) is 101 Å². The lowest BCUT2D eigenvalue weighted by Crippen LogP contribution is -2.26. The Bertz CT molecular complexity index is 1610. The van der Waals surface area contributed by atoms with Gasteiger partial charge in [-0.1, -0.05) is 56.0 Å². The number of benzene rings is 3. The van der Waals surface area contributed by atoms with Gasteiger partial charge in [0.15, 0.2) is 5.78 Å². The van der Waals surface area contributed by atoms with Gasteiger partial charge < -0.3 is 15.0 Å². The van der Waals surface area contributed by atoms with E-state index >= 15 is 0 Å². The number of rotatable bonds is 13. The van der Waals surface area contributed by atoms with Crippen LogP contribution >= 0.6 is 0 Å². The van der Waals surface area contributed by atoms with Crippen molar-refractivity contribution in [3.8, 4) is 5.69 Å². The van der Waals surface area contributed by atoms with Crippen LogP contribution in [0.5, 0.6) is 0 Å². The molecule has 0 spiro atoms. The van der Waals surface area contributed by atoms with E-state index < -0.39 is 23.6 Å². The van der Waals surface area contributed by atoms with Crippen LogP contribution in [0, 0.1) is 12.8 Å². The molecule has 0 aliphatic heterocycles. The number of nitrogens with zero attached hydrogens (tertiary/aromatic N) is 1. The highest BCUT2D eigenvalue weighted by Gasteiger charge is 2.31. The lowest BCUT2D eigenvalue weighted by Gasteiger charge is -2.19. The Balaban J connectivity index is 1.68. The third-order valence-corrected chi connectivity index (χ3v) is 7.49. The van der Waals surface area contributed by atoms with Crippen molar-refractivity contribution in [1.29, 1.82) is 0 Å². The molecule has 226 valence electrons. The fraction of sp³-hybridized carbons (Fsp3) is 0.324. The maximum Gasteiger partial charge on any atom is 0.416 e. The quantitative estimate of drug-likeness (QED) is 0.123. The molecule has 0 bridgehead atoms. The number of fused-ring (bicyclic) bond motifs is 1. The molecule has 1 atom stereocenters. The number of Topliss-reactive ketones (excluding diaryl/α,β-unsaturated/α-hetero) is 1. The molecule has 0 aliphatic carbocycles. The minimum absolute atomic E-state index is 0.0172. The number of hydrogen-bond acceptors (Lipinski definition) is 3. The second kappa shape index (κ2) is 13.7. The van der Waals surface area contributed by atoms with Crippen molar-refractivity contribution >= 4 is 28.6 Å². The number of carbonyl (C=O) groups excluding carboxylic acids is 2. The second-order valence-corrected chi connectivity index (χ2v) is 10.8. The van der Waals surface area contributed by atoms with E-state index in [0.717, 1.165) is 47.9 Å². The minimum atomic E-state index is -4.53. The van der Waals surface area contributed by atoms with E-state index in [1.165, 1.54) is 6.07 Å². The number of amides is 1.